The molecule has 0 aromatic heterocycles. The summed E-state index contributed by atoms with van der Waals surface area (Å²) in [5.41, 5.74) is 0. The first-order chi connectivity index (χ1) is 17.0. The molecule has 2 aromatic carbocycles. The van der Waals surface area contributed by atoms with Gasteiger partial charge in [-0.05, 0) is 35.7 Å². The molecule has 0 saturated carbocycles. The normalized spacial score (nSPS) is 26.3. The summed E-state index contributed by atoms with van der Waals surface area (Å²) in [7, 11) is -2.90. The Hall–Kier alpha value is -2.29. The molecule has 0 amide bonds. The van der Waals surface area contributed by atoms with Gasteiger partial charge in [0.2, 0.25) is 0 Å². The molecular weight excluding hydrogens is 472 g/mol. The van der Waals surface area contributed by atoms with Crippen molar-refractivity contribution in [1.29, 1.82) is 0 Å². The zero-order valence-electron chi connectivity index (χ0n) is 22.1. The Morgan fingerprint density at radius 1 is 1.06 bits per heavy atom. The highest BCUT2D eigenvalue weighted by atomic mass is 28.4. The largest absolute Gasteiger partial charge is 0.457 e. The van der Waals surface area contributed by atoms with Gasteiger partial charge in [0.15, 0.2) is 24.3 Å². The van der Waals surface area contributed by atoms with Gasteiger partial charge in [-0.2, -0.15) is 0 Å². The molecular formula is C29H38O6Si. The number of hydrogen-bond acceptors (Lipinski definition) is 6. The van der Waals surface area contributed by atoms with Crippen molar-refractivity contribution in [1.82, 2.24) is 0 Å². The molecule has 0 spiro atoms. The van der Waals surface area contributed by atoms with Crippen molar-refractivity contribution in [2.45, 2.75) is 89.5 Å². The molecule has 0 radical (unpaired) electrons. The number of fused-ring (bicyclic) bond motifs is 1. The highest BCUT2D eigenvalue weighted by molar-refractivity contribution is 6.99. The van der Waals surface area contributed by atoms with Crippen LogP contribution in [0.1, 0.15) is 48.0 Å². The monoisotopic (exact) mass is 510 g/mol. The van der Waals surface area contributed by atoms with Crippen molar-refractivity contribution in [3.63, 3.8) is 0 Å². The minimum absolute atomic E-state index is 0.227. The van der Waals surface area contributed by atoms with Crippen LogP contribution in [0.2, 0.25) is 5.04 Å². The van der Waals surface area contributed by atoms with Gasteiger partial charge in [-0.1, -0.05) is 87.5 Å². The van der Waals surface area contributed by atoms with Gasteiger partial charge in [0.25, 0.3) is 8.32 Å². The summed E-state index contributed by atoms with van der Waals surface area (Å²) in [5.74, 6) is -1.23. The first kappa shape index (κ1) is 26.8. The van der Waals surface area contributed by atoms with Crippen molar-refractivity contribution in [2.75, 3.05) is 0 Å². The molecule has 2 aromatic rings. The molecule has 194 valence electrons. The fraction of sp³-hybridized carbons (Fsp3) is 0.483. The maximum Gasteiger partial charge on any atom is 0.303 e. The van der Waals surface area contributed by atoms with E-state index in [0.29, 0.717) is 6.42 Å². The minimum atomic E-state index is -2.90. The van der Waals surface area contributed by atoms with Crippen LogP contribution in [0, 0.1) is 0 Å². The molecule has 36 heavy (non-hydrogen) atoms. The molecule has 0 bridgehead atoms. The molecule has 0 aliphatic carbocycles. The van der Waals surface area contributed by atoms with E-state index in [-0.39, 0.29) is 5.04 Å². The summed E-state index contributed by atoms with van der Waals surface area (Å²) >= 11 is 0. The first-order valence-electron chi connectivity index (χ1n) is 12.6. The van der Waals surface area contributed by atoms with E-state index in [0.717, 1.165) is 10.4 Å². The topological polar surface area (TPSA) is 63.2 Å². The lowest BCUT2D eigenvalue weighted by molar-refractivity contribution is -0.227. The average Bonchev–Trinajstić information content (AvgIpc) is 3.29. The highest BCUT2D eigenvalue weighted by Gasteiger charge is 2.60. The smallest absolute Gasteiger partial charge is 0.303 e. The quantitative estimate of drug-likeness (QED) is 0.300. The Labute approximate surface area is 215 Å². The van der Waals surface area contributed by atoms with Crippen molar-refractivity contribution in [3.05, 3.63) is 73.3 Å². The van der Waals surface area contributed by atoms with E-state index < -0.39 is 50.8 Å². The molecule has 6 nitrogen and oxygen atoms in total. The standard InChI is InChI=1S/C29H38O6Si/c1-8-15-23(24-25(31-20(2)30)26-27(32-24)34-29(6,7)33-26)35-36(28(3,4)5,21-16-11-9-12-17-21)22-18-13-10-14-19-22/h8-14,16-19,23-27H,1,15H2,2-7H3/t23-,24+,25-,26+,27+/m0/s1. The summed E-state index contributed by atoms with van der Waals surface area (Å²) < 4.78 is 31.7. The van der Waals surface area contributed by atoms with E-state index in [1.807, 2.05) is 32.1 Å². The predicted octanol–water partition coefficient (Wildman–Crippen LogP) is 4.32. The van der Waals surface area contributed by atoms with Crippen LogP contribution in [0.5, 0.6) is 0 Å². The number of esters is 1. The molecule has 0 unspecified atom stereocenters. The van der Waals surface area contributed by atoms with Gasteiger partial charge in [-0.3, -0.25) is 4.79 Å². The van der Waals surface area contributed by atoms with Crippen LogP contribution in [-0.4, -0.2) is 50.8 Å². The van der Waals surface area contributed by atoms with Gasteiger partial charge in [0.05, 0.1) is 6.10 Å². The fourth-order valence-electron chi connectivity index (χ4n) is 5.46. The van der Waals surface area contributed by atoms with Crippen molar-refractivity contribution in [3.8, 4) is 0 Å². The number of carbonyl (C=O) groups is 1. The maximum absolute atomic E-state index is 12.1. The first-order valence-corrected chi connectivity index (χ1v) is 14.5. The second-order valence-electron chi connectivity index (χ2n) is 11.0. The lowest BCUT2D eigenvalue weighted by Crippen LogP contribution is -2.68. The van der Waals surface area contributed by atoms with Crippen LogP contribution in [0.4, 0.5) is 0 Å². The van der Waals surface area contributed by atoms with E-state index in [2.05, 4.69) is 75.9 Å². The van der Waals surface area contributed by atoms with E-state index in [9.17, 15) is 4.79 Å². The predicted molar refractivity (Wildman–Crippen MR) is 142 cm³/mol. The highest BCUT2D eigenvalue weighted by Crippen LogP contribution is 2.43. The average molecular weight is 511 g/mol. The van der Waals surface area contributed by atoms with E-state index >= 15 is 0 Å². The summed E-state index contributed by atoms with van der Waals surface area (Å²) in [6.07, 6.45) is -0.545. The Bertz CT molecular complexity index is 1010. The zero-order valence-corrected chi connectivity index (χ0v) is 23.1. The van der Waals surface area contributed by atoms with Crippen molar-refractivity contribution >= 4 is 24.7 Å². The van der Waals surface area contributed by atoms with Gasteiger partial charge in [0, 0.05) is 6.92 Å². The number of rotatable bonds is 8. The van der Waals surface area contributed by atoms with Crippen molar-refractivity contribution < 1.29 is 28.2 Å². The second-order valence-corrected chi connectivity index (χ2v) is 15.2. The molecule has 7 heteroatoms. The molecule has 0 N–H and O–H groups in total. The number of benzene rings is 2. The molecule has 2 aliphatic heterocycles. The third-order valence-corrected chi connectivity index (χ3v) is 11.9. The number of carbonyl (C=O) groups excluding carboxylic acids is 1. The lowest BCUT2D eigenvalue weighted by atomic mass is 10.0. The van der Waals surface area contributed by atoms with E-state index in [1.54, 1.807) is 0 Å². The number of ether oxygens (including phenoxy) is 4. The maximum atomic E-state index is 12.1. The van der Waals surface area contributed by atoms with Crippen LogP contribution in [-0.2, 0) is 28.2 Å². The minimum Gasteiger partial charge on any atom is -0.457 e. The molecule has 4 rings (SSSR count). The molecule has 5 atom stereocenters. The van der Waals surface area contributed by atoms with Crippen LogP contribution in [0.15, 0.2) is 73.3 Å². The summed E-state index contributed by atoms with van der Waals surface area (Å²) in [6.45, 7) is 15.7. The Morgan fingerprint density at radius 3 is 2.08 bits per heavy atom. The Morgan fingerprint density at radius 2 is 1.61 bits per heavy atom. The van der Waals surface area contributed by atoms with Crippen LogP contribution in [0.25, 0.3) is 0 Å². The van der Waals surface area contributed by atoms with Crippen LogP contribution in [0.3, 0.4) is 0 Å². The Balaban J connectivity index is 1.81. The van der Waals surface area contributed by atoms with Gasteiger partial charge in [0.1, 0.15) is 6.10 Å². The third kappa shape index (κ3) is 5.08. The SMILES string of the molecule is C=CC[C@H](O[Si](c1ccccc1)(c1ccccc1)C(C)(C)C)[C@H]1O[C@@H]2OC(C)(C)O[C@@H]2[C@H]1OC(C)=O. The summed E-state index contributed by atoms with van der Waals surface area (Å²) in [5, 5.41) is 2.09. The molecule has 2 heterocycles. The fourth-order valence-corrected chi connectivity index (χ4v) is 10.2. The Kier molecular flexibility index (Phi) is 7.60. The summed E-state index contributed by atoms with van der Waals surface area (Å²) in [6, 6.07) is 20.9. The molecule has 2 saturated heterocycles. The van der Waals surface area contributed by atoms with E-state index in [1.165, 1.54) is 6.92 Å². The number of hydrogen-bond donors (Lipinski definition) is 0. The summed E-state index contributed by atoms with van der Waals surface area (Å²) in [4.78, 5) is 12.1. The van der Waals surface area contributed by atoms with E-state index in [4.69, 9.17) is 23.4 Å². The van der Waals surface area contributed by atoms with Gasteiger partial charge in [-0.15, -0.1) is 6.58 Å². The van der Waals surface area contributed by atoms with Crippen LogP contribution < -0.4 is 10.4 Å². The molecule has 2 aliphatic rings. The zero-order chi connectivity index (χ0) is 26.1. The van der Waals surface area contributed by atoms with Gasteiger partial charge >= 0.3 is 5.97 Å². The van der Waals surface area contributed by atoms with Gasteiger partial charge < -0.3 is 23.4 Å². The second kappa shape index (κ2) is 10.2. The molecule has 2 fully saturated rings. The lowest BCUT2D eigenvalue weighted by Gasteiger charge is -2.46. The third-order valence-electron chi connectivity index (χ3n) is 6.84. The van der Waals surface area contributed by atoms with Gasteiger partial charge in [-0.25, -0.2) is 0 Å². The van der Waals surface area contributed by atoms with Crippen LogP contribution >= 0.6 is 0 Å². The van der Waals surface area contributed by atoms with Crippen molar-refractivity contribution in [2.24, 2.45) is 0 Å².